The molecule has 0 radical (unpaired) electrons. The van der Waals surface area contributed by atoms with Gasteiger partial charge in [-0.05, 0) is 6.92 Å². The molecule has 1 heterocycles. The maximum absolute atomic E-state index is 11.2. The van der Waals surface area contributed by atoms with Crippen LogP contribution in [0.25, 0.3) is 10.9 Å². The molecule has 0 unspecified atom stereocenters. The fourth-order valence-corrected chi connectivity index (χ4v) is 2.08. The van der Waals surface area contributed by atoms with Crippen LogP contribution < -0.4 is 9.47 Å². The van der Waals surface area contributed by atoms with Crippen molar-refractivity contribution in [3.63, 3.8) is 0 Å². The average Bonchev–Trinajstić information content (AvgIpc) is 2.61. The minimum Gasteiger partial charge on any atom is -0.497 e. The van der Waals surface area contributed by atoms with E-state index < -0.39 is 0 Å². The van der Waals surface area contributed by atoms with Gasteiger partial charge in [-0.15, -0.1) is 0 Å². The molecule has 0 spiro atoms. The molecule has 0 aliphatic heterocycles. The van der Waals surface area contributed by atoms with E-state index in [1.165, 1.54) is 0 Å². The minimum atomic E-state index is 0.658. The Labute approximate surface area is 99.7 Å². The van der Waals surface area contributed by atoms with Gasteiger partial charge >= 0.3 is 0 Å². The molecule has 2 aromatic rings. The predicted molar refractivity (Wildman–Crippen MR) is 66.1 cm³/mol. The van der Waals surface area contributed by atoms with E-state index in [0.717, 1.165) is 22.9 Å². The van der Waals surface area contributed by atoms with Gasteiger partial charge < -0.3 is 14.0 Å². The number of methoxy groups -OCH3 is 2. The van der Waals surface area contributed by atoms with Crippen LogP contribution in [0.2, 0.25) is 0 Å². The standard InChI is InChI=1S/C13H15NO3/c1-8-10(7-15)13-11(14(8)2)5-9(16-3)6-12(13)17-4/h5-7H,1-4H3. The molecular weight excluding hydrogens is 218 g/mol. The summed E-state index contributed by atoms with van der Waals surface area (Å²) in [5.74, 6) is 1.37. The van der Waals surface area contributed by atoms with Gasteiger partial charge in [0.1, 0.15) is 11.5 Å². The van der Waals surface area contributed by atoms with Crippen molar-refractivity contribution < 1.29 is 14.3 Å². The summed E-state index contributed by atoms with van der Waals surface area (Å²) >= 11 is 0. The number of ether oxygens (including phenoxy) is 2. The minimum absolute atomic E-state index is 0.658. The van der Waals surface area contributed by atoms with Crippen LogP contribution in [0.15, 0.2) is 12.1 Å². The molecule has 0 bridgehead atoms. The second kappa shape index (κ2) is 4.13. The number of carbonyl (C=O) groups excluding carboxylic acids is 1. The summed E-state index contributed by atoms with van der Waals surface area (Å²) < 4.78 is 12.5. The number of hydrogen-bond donors (Lipinski definition) is 0. The largest absolute Gasteiger partial charge is 0.497 e. The summed E-state index contributed by atoms with van der Waals surface area (Å²) in [4.78, 5) is 11.2. The number of nitrogens with zero attached hydrogens (tertiary/aromatic N) is 1. The molecule has 0 fully saturated rings. The molecule has 0 saturated heterocycles. The van der Waals surface area contributed by atoms with E-state index in [2.05, 4.69) is 0 Å². The summed E-state index contributed by atoms with van der Waals surface area (Å²) in [6, 6.07) is 3.69. The van der Waals surface area contributed by atoms with Gasteiger partial charge in [-0.1, -0.05) is 0 Å². The Balaban J connectivity index is 2.93. The first-order valence-corrected chi connectivity index (χ1v) is 5.30. The van der Waals surface area contributed by atoms with E-state index in [1.54, 1.807) is 20.3 Å². The molecule has 0 amide bonds. The van der Waals surface area contributed by atoms with Gasteiger partial charge in [0, 0.05) is 30.4 Å². The Kier molecular flexibility index (Phi) is 2.79. The van der Waals surface area contributed by atoms with Gasteiger partial charge in [0.15, 0.2) is 6.29 Å². The van der Waals surface area contributed by atoms with Crippen LogP contribution in [0.3, 0.4) is 0 Å². The third-order valence-corrected chi connectivity index (χ3v) is 3.15. The smallest absolute Gasteiger partial charge is 0.152 e. The van der Waals surface area contributed by atoms with Gasteiger partial charge in [0.2, 0.25) is 0 Å². The van der Waals surface area contributed by atoms with Crippen LogP contribution in [0, 0.1) is 6.92 Å². The highest BCUT2D eigenvalue weighted by atomic mass is 16.5. The lowest BCUT2D eigenvalue weighted by molar-refractivity contribution is 0.112. The van der Waals surface area contributed by atoms with E-state index in [9.17, 15) is 4.79 Å². The van der Waals surface area contributed by atoms with Crippen LogP contribution in [0.1, 0.15) is 16.1 Å². The van der Waals surface area contributed by atoms with E-state index in [-0.39, 0.29) is 0 Å². The zero-order chi connectivity index (χ0) is 12.6. The van der Waals surface area contributed by atoms with Crippen LogP contribution in [0.4, 0.5) is 0 Å². The second-order valence-corrected chi connectivity index (χ2v) is 3.90. The third kappa shape index (κ3) is 1.56. The summed E-state index contributed by atoms with van der Waals surface area (Å²) in [6.07, 6.45) is 0.868. The molecule has 4 nitrogen and oxygen atoms in total. The number of rotatable bonds is 3. The molecule has 1 aromatic heterocycles. The van der Waals surface area contributed by atoms with Crippen molar-refractivity contribution in [2.45, 2.75) is 6.92 Å². The van der Waals surface area contributed by atoms with Crippen molar-refractivity contribution in [3.05, 3.63) is 23.4 Å². The Hall–Kier alpha value is -1.97. The fourth-order valence-electron chi connectivity index (χ4n) is 2.08. The molecule has 17 heavy (non-hydrogen) atoms. The molecule has 2 rings (SSSR count). The van der Waals surface area contributed by atoms with Crippen molar-refractivity contribution >= 4 is 17.2 Å². The van der Waals surface area contributed by atoms with Gasteiger partial charge in [0.25, 0.3) is 0 Å². The zero-order valence-electron chi connectivity index (χ0n) is 10.4. The summed E-state index contributed by atoms with van der Waals surface area (Å²) in [6.45, 7) is 1.91. The lowest BCUT2D eigenvalue weighted by Gasteiger charge is -2.07. The zero-order valence-corrected chi connectivity index (χ0v) is 10.4. The molecular formula is C13H15NO3. The molecule has 0 aliphatic carbocycles. The molecule has 1 aromatic carbocycles. The first-order chi connectivity index (χ1) is 8.13. The topological polar surface area (TPSA) is 40.5 Å². The summed E-state index contributed by atoms with van der Waals surface area (Å²) in [5, 5.41) is 0.836. The maximum atomic E-state index is 11.2. The highest BCUT2D eigenvalue weighted by molar-refractivity contribution is 6.03. The van der Waals surface area contributed by atoms with Gasteiger partial charge in [0.05, 0.1) is 25.1 Å². The van der Waals surface area contributed by atoms with Crippen LogP contribution in [-0.2, 0) is 7.05 Å². The van der Waals surface area contributed by atoms with E-state index in [4.69, 9.17) is 9.47 Å². The lowest BCUT2D eigenvalue weighted by atomic mass is 10.1. The van der Waals surface area contributed by atoms with Gasteiger partial charge in [-0.3, -0.25) is 4.79 Å². The number of carbonyl (C=O) groups is 1. The number of aromatic nitrogens is 1. The quantitative estimate of drug-likeness (QED) is 0.764. The Morgan fingerprint density at radius 2 is 1.94 bits per heavy atom. The second-order valence-electron chi connectivity index (χ2n) is 3.90. The number of fused-ring (bicyclic) bond motifs is 1. The Morgan fingerprint density at radius 3 is 2.47 bits per heavy atom. The highest BCUT2D eigenvalue weighted by Gasteiger charge is 2.16. The Bertz CT molecular complexity index is 584. The third-order valence-electron chi connectivity index (χ3n) is 3.15. The van der Waals surface area contributed by atoms with Gasteiger partial charge in [-0.25, -0.2) is 0 Å². The van der Waals surface area contributed by atoms with Crippen molar-refractivity contribution in [1.82, 2.24) is 4.57 Å². The summed E-state index contributed by atoms with van der Waals surface area (Å²) in [5.41, 5.74) is 2.52. The molecule has 0 N–H and O–H groups in total. The fraction of sp³-hybridized carbons (Fsp3) is 0.308. The van der Waals surface area contributed by atoms with Crippen molar-refractivity contribution in [3.8, 4) is 11.5 Å². The lowest BCUT2D eigenvalue weighted by Crippen LogP contribution is -1.92. The first-order valence-electron chi connectivity index (χ1n) is 5.30. The normalized spacial score (nSPS) is 10.6. The van der Waals surface area contributed by atoms with Crippen molar-refractivity contribution in [1.29, 1.82) is 0 Å². The van der Waals surface area contributed by atoms with Crippen LogP contribution >= 0.6 is 0 Å². The first kappa shape index (κ1) is 11.5. The van der Waals surface area contributed by atoms with Gasteiger partial charge in [-0.2, -0.15) is 0 Å². The average molecular weight is 233 g/mol. The van der Waals surface area contributed by atoms with Crippen LogP contribution in [-0.4, -0.2) is 25.1 Å². The SMILES string of the molecule is COc1cc(OC)c2c(C=O)c(C)n(C)c2c1. The predicted octanol–water partition coefficient (Wildman–Crippen LogP) is 2.32. The number of aldehydes is 1. The summed E-state index contributed by atoms with van der Waals surface area (Å²) in [7, 11) is 5.12. The maximum Gasteiger partial charge on any atom is 0.152 e. The van der Waals surface area contributed by atoms with E-state index >= 15 is 0 Å². The van der Waals surface area contributed by atoms with Crippen molar-refractivity contribution in [2.24, 2.45) is 7.05 Å². The molecule has 0 atom stereocenters. The number of aryl methyl sites for hydroxylation is 1. The van der Waals surface area contributed by atoms with Crippen LogP contribution in [0.5, 0.6) is 11.5 Å². The Morgan fingerprint density at radius 1 is 1.24 bits per heavy atom. The molecule has 4 heteroatoms. The highest BCUT2D eigenvalue weighted by Crippen LogP contribution is 2.35. The molecule has 90 valence electrons. The monoisotopic (exact) mass is 233 g/mol. The van der Waals surface area contributed by atoms with E-state index in [1.807, 2.05) is 24.6 Å². The number of benzene rings is 1. The number of hydrogen-bond acceptors (Lipinski definition) is 3. The van der Waals surface area contributed by atoms with E-state index in [0.29, 0.717) is 17.1 Å². The molecule has 0 aliphatic rings. The van der Waals surface area contributed by atoms with Crippen molar-refractivity contribution in [2.75, 3.05) is 14.2 Å². The molecule has 0 saturated carbocycles.